The highest BCUT2D eigenvalue weighted by Gasteiger charge is 2.34. The van der Waals surface area contributed by atoms with Crippen LogP contribution in [0.3, 0.4) is 0 Å². The van der Waals surface area contributed by atoms with E-state index < -0.39 is 41.4 Å². The molecule has 0 amide bonds. The second-order valence-electron chi connectivity index (χ2n) is 10.9. The van der Waals surface area contributed by atoms with Crippen LogP contribution >= 0.6 is 0 Å². The molecule has 49 heavy (non-hydrogen) atoms. The van der Waals surface area contributed by atoms with E-state index in [-0.39, 0.29) is 49.6 Å². The Labute approximate surface area is 279 Å². The summed E-state index contributed by atoms with van der Waals surface area (Å²) in [7, 11) is 1.59. The maximum Gasteiger partial charge on any atom is 0.417 e. The summed E-state index contributed by atoms with van der Waals surface area (Å²) in [6.07, 6.45) is -5.50. The van der Waals surface area contributed by atoms with Crippen molar-refractivity contribution in [3.05, 3.63) is 64.4 Å². The highest BCUT2D eigenvalue weighted by molar-refractivity contribution is 6.27. The molecule has 2 heterocycles. The number of rotatable bonds is 19. The monoisotopic (exact) mass is 695 g/mol. The van der Waals surface area contributed by atoms with Crippen molar-refractivity contribution >= 4 is 28.4 Å². The molecule has 1 aliphatic rings. The first kappa shape index (κ1) is 37.8. The highest BCUT2D eigenvalue weighted by Crippen LogP contribution is 2.36. The maximum atomic E-state index is 13.6. The van der Waals surface area contributed by atoms with Gasteiger partial charge in [-0.3, -0.25) is 4.79 Å². The maximum absolute atomic E-state index is 13.6. The van der Waals surface area contributed by atoms with E-state index in [0.717, 1.165) is 6.07 Å². The van der Waals surface area contributed by atoms with E-state index in [4.69, 9.17) is 33.2 Å². The average molecular weight is 696 g/mol. The number of carboxylic acids is 1. The van der Waals surface area contributed by atoms with E-state index in [9.17, 15) is 32.7 Å². The number of ether oxygens (including phenoxy) is 7. The number of carbonyl (C=O) groups excluding carboxylic acids is 2. The molecule has 3 aromatic rings. The fourth-order valence-electron chi connectivity index (χ4n) is 5.09. The number of aromatic nitrogens is 1. The van der Waals surface area contributed by atoms with Gasteiger partial charge in [0.25, 0.3) is 5.56 Å². The second kappa shape index (κ2) is 18.6. The Hall–Kier alpha value is -4.06. The normalized spacial score (nSPS) is 15.5. The lowest BCUT2D eigenvalue weighted by atomic mass is 10.0. The highest BCUT2D eigenvalue weighted by atomic mass is 19.4. The molecular formula is C33H38F3N2O11-. The number of carbonyl (C=O) groups is 2. The number of hydrogen-bond donors (Lipinski definition) is 1. The van der Waals surface area contributed by atoms with Gasteiger partial charge in [-0.05, 0) is 29.7 Å². The van der Waals surface area contributed by atoms with E-state index >= 15 is 0 Å². The standard InChI is InChI=1S/C33H39F3N2O11/c1-43-8-9-44-10-11-45-12-13-46-14-15-47-25(20-48-32(42)31(40)41)18-24-19-38(21-49-24)23-7-6-22-16-29(37-30(39)27(22)17-23)26-4-2-3-5-28(26)33(34,35)36/h2-7,16-17,24-25H,8-15,18-21H2,1H3,(H,37,39)(H,40,41)/p-1/t24-,25?/m0/s1. The summed E-state index contributed by atoms with van der Waals surface area (Å²) >= 11 is 0. The van der Waals surface area contributed by atoms with Gasteiger partial charge in [0, 0.05) is 42.4 Å². The number of H-pyrrole nitrogens is 1. The van der Waals surface area contributed by atoms with Gasteiger partial charge in [-0.2, -0.15) is 13.2 Å². The van der Waals surface area contributed by atoms with Crippen molar-refractivity contribution in [2.75, 3.05) is 84.7 Å². The smallest absolute Gasteiger partial charge is 0.417 e. The van der Waals surface area contributed by atoms with Crippen LogP contribution in [0.15, 0.2) is 53.3 Å². The van der Waals surface area contributed by atoms with Crippen LogP contribution in [0.5, 0.6) is 0 Å². The second-order valence-corrected chi connectivity index (χ2v) is 10.9. The fraction of sp³-hybridized carbons (Fsp3) is 0.485. The number of hydrogen-bond acceptors (Lipinski definition) is 12. The van der Waals surface area contributed by atoms with Crippen molar-refractivity contribution in [3.8, 4) is 11.3 Å². The molecule has 13 nitrogen and oxygen atoms in total. The van der Waals surface area contributed by atoms with Gasteiger partial charge < -0.3 is 52.9 Å². The van der Waals surface area contributed by atoms with E-state index in [1.807, 2.05) is 4.90 Å². The lowest BCUT2D eigenvalue weighted by Gasteiger charge is -2.21. The van der Waals surface area contributed by atoms with Crippen molar-refractivity contribution < 1.29 is 61.0 Å². The summed E-state index contributed by atoms with van der Waals surface area (Å²) in [6.45, 7) is 2.96. The lowest BCUT2D eigenvalue weighted by Crippen LogP contribution is -2.36. The Balaban J connectivity index is 1.31. The van der Waals surface area contributed by atoms with Crippen molar-refractivity contribution in [1.82, 2.24) is 4.98 Å². The summed E-state index contributed by atoms with van der Waals surface area (Å²) in [5.41, 5.74) is -0.848. The van der Waals surface area contributed by atoms with Crippen LogP contribution in [0.4, 0.5) is 18.9 Å². The molecule has 1 N–H and O–H groups in total. The molecule has 4 rings (SSSR count). The zero-order valence-electron chi connectivity index (χ0n) is 26.8. The largest absolute Gasteiger partial charge is 0.539 e. The molecule has 1 fully saturated rings. The van der Waals surface area contributed by atoms with Crippen molar-refractivity contribution in [2.45, 2.75) is 24.8 Å². The summed E-state index contributed by atoms with van der Waals surface area (Å²) < 4.78 is 78.4. The van der Waals surface area contributed by atoms with Gasteiger partial charge in [0.1, 0.15) is 13.3 Å². The van der Waals surface area contributed by atoms with Gasteiger partial charge in [-0.15, -0.1) is 0 Å². The van der Waals surface area contributed by atoms with Gasteiger partial charge in [-0.25, -0.2) is 4.79 Å². The zero-order chi connectivity index (χ0) is 35.2. The topological polar surface area (TPSA) is 158 Å². The first-order valence-corrected chi connectivity index (χ1v) is 15.5. The number of alkyl halides is 3. The molecule has 16 heteroatoms. The van der Waals surface area contributed by atoms with Crippen LogP contribution in [-0.2, 0) is 48.9 Å². The van der Waals surface area contributed by atoms with Gasteiger partial charge in [0.05, 0.1) is 70.6 Å². The molecule has 0 radical (unpaired) electrons. The van der Waals surface area contributed by atoms with E-state index in [1.54, 1.807) is 25.3 Å². The van der Waals surface area contributed by atoms with Crippen LogP contribution in [0.1, 0.15) is 12.0 Å². The zero-order valence-corrected chi connectivity index (χ0v) is 26.8. The predicted molar refractivity (Wildman–Crippen MR) is 167 cm³/mol. The Morgan fingerprint density at radius 1 is 0.980 bits per heavy atom. The molecule has 268 valence electrons. The number of nitrogens with zero attached hydrogens (tertiary/aromatic N) is 1. The third-order valence-corrected chi connectivity index (χ3v) is 7.46. The quantitative estimate of drug-likeness (QED) is 0.111. The molecule has 0 aliphatic carbocycles. The number of nitrogens with one attached hydrogen (secondary N) is 1. The first-order valence-electron chi connectivity index (χ1n) is 15.5. The Morgan fingerprint density at radius 3 is 2.33 bits per heavy atom. The average Bonchev–Trinajstić information content (AvgIpc) is 3.55. The number of aromatic amines is 1. The molecule has 1 unspecified atom stereocenters. The minimum absolute atomic E-state index is 0.0476. The van der Waals surface area contributed by atoms with Gasteiger partial charge in [-0.1, -0.05) is 24.3 Å². The molecule has 1 aliphatic heterocycles. The van der Waals surface area contributed by atoms with Crippen molar-refractivity contribution in [2.24, 2.45) is 0 Å². The van der Waals surface area contributed by atoms with Crippen LogP contribution in [0, 0.1) is 0 Å². The van der Waals surface area contributed by atoms with Gasteiger partial charge in [0.2, 0.25) is 0 Å². The van der Waals surface area contributed by atoms with E-state index in [2.05, 4.69) is 4.98 Å². The number of anilines is 1. The predicted octanol–water partition coefficient (Wildman–Crippen LogP) is 2.14. The molecule has 2 atom stereocenters. The molecule has 1 saturated heterocycles. The molecule has 2 aromatic carbocycles. The number of pyridine rings is 1. The molecule has 1 aromatic heterocycles. The fourth-order valence-corrected chi connectivity index (χ4v) is 5.09. The van der Waals surface area contributed by atoms with Crippen LogP contribution < -0.4 is 15.6 Å². The third kappa shape index (κ3) is 11.5. The van der Waals surface area contributed by atoms with Crippen LogP contribution in [-0.4, -0.2) is 109 Å². The van der Waals surface area contributed by atoms with E-state index in [0.29, 0.717) is 57.3 Å². The molecular weight excluding hydrogens is 657 g/mol. The lowest BCUT2D eigenvalue weighted by molar-refractivity contribution is -0.304. The van der Waals surface area contributed by atoms with Crippen molar-refractivity contribution in [3.63, 3.8) is 0 Å². The Kier molecular flexibility index (Phi) is 14.4. The van der Waals surface area contributed by atoms with Crippen LogP contribution in [0.25, 0.3) is 22.0 Å². The molecule has 0 bridgehead atoms. The van der Waals surface area contributed by atoms with Gasteiger partial charge in [0.15, 0.2) is 5.97 Å². The number of aliphatic carboxylic acids is 1. The third-order valence-electron chi connectivity index (χ3n) is 7.46. The number of carboxylic acid groups (broad SMARTS) is 1. The summed E-state index contributed by atoms with van der Waals surface area (Å²) in [4.78, 5) is 39.8. The number of methoxy groups -OCH3 is 1. The summed E-state index contributed by atoms with van der Waals surface area (Å²) in [6, 6.07) is 11.5. The number of esters is 1. The number of fused-ring (bicyclic) bond motifs is 1. The number of halogens is 3. The first-order chi connectivity index (χ1) is 23.6. The Morgan fingerprint density at radius 2 is 1.65 bits per heavy atom. The molecule has 0 saturated carbocycles. The number of benzene rings is 2. The molecule has 0 spiro atoms. The SMILES string of the molecule is COCCOCCOCCOCCOC(COC(=O)C(=O)[O-])C[C@H]1CN(c2ccc3cc(-c4ccccc4C(F)(F)F)[nH]c(=O)c3c2)CO1. The summed E-state index contributed by atoms with van der Waals surface area (Å²) in [5.74, 6) is -3.49. The van der Waals surface area contributed by atoms with Gasteiger partial charge >= 0.3 is 12.1 Å². The van der Waals surface area contributed by atoms with E-state index in [1.165, 1.54) is 24.3 Å². The van der Waals surface area contributed by atoms with Crippen LogP contribution in [0.2, 0.25) is 0 Å². The minimum atomic E-state index is -4.60. The Bertz CT molecular complexity index is 1580. The van der Waals surface area contributed by atoms with Crippen molar-refractivity contribution in [1.29, 1.82) is 0 Å². The minimum Gasteiger partial charge on any atom is -0.539 e. The summed E-state index contributed by atoms with van der Waals surface area (Å²) in [5, 5.41) is 11.6.